The van der Waals surface area contributed by atoms with E-state index in [0.717, 1.165) is 22.8 Å². The van der Waals surface area contributed by atoms with Crippen molar-refractivity contribution in [2.75, 3.05) is 10.6 Å². The Balaban J connectivity index is 1.76. The van der Waals surface area contributed by atoms with E-state index in [0.29, 0.717) is 10.8 Å². The van der Waals surface area contributed by atoms with Crippen LogP contribution in [0.2, 0.25) is 0 Å². The minimum atomic E-state index is -0.111. The Bertz CT molecular complexity index is 810. The van der Waals surface area contributed by atoms with Gasteiger partial charge < -0.3 is 10.6 Å². The van der Waals surface area contributed by atoms with Crippen LogP contribution in [0.1, 0.15) is 21.1 Å². The van der Waals surface area contributed by atoms with E-state index in [1.807, 2.05) is 55.6 Å². The third-order valence-electron chi connectivity index (χ3n) is 3.10. The summed E-state index contributed by atoms with van der Waals surface area (Å²) in [6, 6.07) is 13.0. The van der Waals surface area contributed by atoms with Crippen molar-refractivity contribution in [2.45, 2.75) is 13.8 Å². The second kappa shape index (κ2) is 6.58. The maximum Gasteiger partial charge on any atom is 0.265 e. The molecule has 6 heteroatoms. The average Bonchev–Trinajstić information content (AvgIpc) is 3.00. The van der Waals surface area contributed by atoms with E-state index in [2.05, 4.69) is 20.6 Å². The van der Waals surface area contributed by atoms with Crippen LogP contribution in [-0.2, 0) is 0 Å². The lowest BCUT2D eigenvalue weighted by Crippen LogP contribution is -2.10. The number of thiophene rings is 1. The number of nitrogens with one attached hydrogen (secondary N) is 2. The number of aromatic nitrogens is 2. The summed E-state index contributed by atoms with van der Waals surface area (Å²) >= 11 is 1.41. The Morgan fingerprint density at radius 2 is 1.74 bits per heavy atom. The Morgan fingerprint density at radius 1 is 1.00 bits per heavy atom. The molecule has 2 aromatic heterocycles. The summed E-state index contributed by atoms with van der Waals surface area (Å²) in [4.78, 5) is 21.5. The molecule has 0 aliphatic rings. The van der Waals surface area contributed by atoms with Gasteiger partial charge in [-0.3, -0.25) is 4.79 Å². The van der Waals surface area contributed by atoms with Crippen LogP contribution in [0.15, 0.2) is 47.8 Å². The minimum Gasteiger partial charge on any atom is -0.324 e. The second-order valence-electron chi connectivity index (χ2n) is 5.11. The van der Waals surface area contributed by atoms with Crippen molar-refractivity contribution in [3.63, 3.8) is 0 Å². The summed E-state index contributed by atoms with van der Waals surface area (Å²) < 4.78 is 0. The zero-order chi connectivity index (χ0) is 16.2. The van der Waals surface area contributed by atoms with E-state index in [-0.39, 0.29) is 5.91 Å². The van der Waals surface area contributed by atoms with Crippen molar-refractivity contribution in [1.82, 2.24) is 9.97 Å². The fourth-order valence-electron chi connectivity index (χ4n) is 2.19. The fourth-order valence-corrected chi connectivity index (χ4v) is 2.81. The molecule has 0 aliphatic carbocycles. The molecule has 2 N–H and O–H groups in total. The van der Waals surface area contributed by atoms with Gasteiger partial charge in [-0.2, -0.15) is 0 Å². The Hall–Kier alpha value is -2.73. The number of amides is 1. The zero-order valence-corrected chi connectivity index (χ0v) is 13.6. The highest BCUT2D eigenvalue weighted by molar-refractivity contribution is 7.12. The van der Waals surface area contributed by atoms with E-state index < -0.39 is 0 Å². The number of hydrogen-bond donors (Lipinski definition) is 2. The van der Waals surface area contributed by atoms with Crippen LogP contribution >= 0.6 is 11.3 Å². The first kappa shape index (κ1) is 15.2. The molecule has 0 spiro atoms. The van der Waals surface area contributed by atoms with Crippen molar-refractivity contribution in [3.05, 3.63) is 64.1 Å². The monoisotopic (exact) mass is 324 g/mol. The van der Waals surface area contributed by atoms with Crippen molar-refractivity contribution < 1.29 is 4.79 Å². The van der Waals surface area contributed by atoms with Gasteiger partial charge in [-0.15, -0.1) is 11.3 Å². The topological polar surface area (TPSA) is 66.9 Å². The SMILES string of the molecule is Cc1cc(C)nc(Nc2cccc(NC(=O)c3cccs3)c2)n1. The zero-order valence-electron chi connectivity index (χ0n) is 12.8. The van der Waals surface area contributed by atoms with E-state index >= 15 is 0 Å². The predicted octanol–water partition coefficient (Wildman–Crippen LogP) is 4.15. The molecule has 0 radical (unpaired) electrons. The van der Waals surface area contributed by atoms with Gasteiger partial charge in [0.1, 0.15) is 0 Å². The van der Waals surface area contributed by atoms with Crippen LogP contribution in [-0.4, -0.2) is 15.9 Å². The molecule has 0 saturated heterocycles. The van der Waals surface area contributed by atoms with Gasteiger partial charge in [-0.1, -0.05) is 12.1 Å². The summed E-state index contributed by atoms with van der Waals surface area (Å²) in [6.45, 7) is 3.86. The molecule has 0 unspecified atom stereocenters. The average molecular weight is 324 g/mol. The first-order valence-corrected chi connectivity index (χ1v) is 8.02. The maximum absolute atomic E-state index is 12.1. The smallest absolute Gasteiger partial charge is 0.265 e. The molecular weight excluding hydrogens is 308 g/mol. The van der Waals surface area contributed by atoms with Crippen molar-refractivity contribution >= 4 is 34.6 Å². The lowest BCUT2D eigenvalue weighted by atomic mass is 10.2. The minimum absolute atomic E-state index is 0.111. The van der Waals surface area contributed by atoms with E-state index in [9.17, 15) is 4.79 Å². The number of benzene rings is 1. The number of anilines is 3. The summed E-state index contributed by atoms with van der Waals surface area (Å²) in [6.07, 6.45) is 0. The molecule has 1 aromatic carbocycles. The first-order chi connectivity index (χ1) is 11.1. The van der Waals surface area contributed by atoms with Gasteiger partial charge in [0.05, 0.1) is 4.88 Å². The van der Waals surface area contributed by atoms with Crippen LogP contribution in [0.25, 0.3) is 0 Å². The lowest BCUT2D eigenvalue weighted by molar-refractivity contribution is 0.103. The molecule has 116 valence electrons. The molecule has 0 aliphatic heterocycles. The summed E-state index contributed by atoms with van der Waals surface area (Å²) in [5.41, 5.74) is 3.35. The normalized spacial score (nSPS) is 10.3. The summed E-state index contributed by atoms with van der Waals surface area (Å²) in [5.74, 6) is 0.434. The predicted molar refractivity (Wildman–Crippen MR) is 93.5 cm³/mol. The molecule has 5 nitrogen and oxygen atoms in total. The van der Waals surface area contributed by atoms with Crippen molar-refractivity contribution in [1.29, 1.82) is 0 Å². The van der Waals surface area contributed by atoms with Gasteiger partial charge in [-0.25, -0.2) is 9.97 Å². The fraction of sp³-hybridized carbons (Fsp3) is 0.118. The summed E-state index contributed by atoms with van der Waals surface area (Å²) in [7, 11) is 0. The van der Waals surface area contributed by atoms with Gasteiger partial charge in [-0.05, 0) is 49.6 Å². The summed E-state index contributed by atoms with van der Waals surface area (Å²) in [5, 5.41) is 7.93. The van der Waals surface area contributed by atoms with Gasteiger partial charge in [0.25, 0.3) is 5.91 Å². The first-order valence-electron chi connectivity index (χ1n) is 7.14. The number of carbonyl (C=O) groups is 1. The van der Waals surface area contributed by atoms with Crippen LogP contribution in [0.3, 0.4) is 0 Å². The van der Waals surface area contributed by atoms with Gasteiger partial charge in [0.2, 0.25) is 5.95 Å². The van der Waals surface area contributed by atoms with Crippen LogP contribution in [0.4, 0.5) is 17.3 Å². The number of rotatable bonds is 4. The Labute approximate surface area is 138 Å². The van der Waals surface area contributed by atoms with Crippen LogP contribution in [0, 0.1) is 13.8 Å². The third-order valence-corrected chi connectivity index (χ3v) is 3.97. The molecule has 0 atom stereocenters. The number of aryl methyl sites for hydroxylation is 2. The number of nitrogens with zero attached hydrogens (tertiary/aromatic N) is 2. The van der Waals surface area contributed by atoms with E-state index in [1.165, 1.54) is 11.3 Å². The van der Waals surface area contributed by atoms with Crippen LogP contribution < -0.4 is 10.6 Å². The highest BCUT2D eigenvalue weighted by atomic mass is 32.1. The molecule has 23 heavy (non-hydrogen) atoms. The highest BCUT2D eigenvalue weighted by Crippen LogP contribution is 2.20. The molecule has 2 heterocycles. The van der Waals surface area contributed by atoms with Crippen LogP contribution in [0.5, 0.6) is 0 Å². The molecule has 1 amide bonds. The Morgan fingerprint density at radius 3 is 2.43 bits per heavy atom. The molecular formula is C17H16N4OS. The quantitative estimate of drug-likeness (QED) is 0.756. The molecule has 0 fully saturated rings. The third kappa shape index (κ3) is 3.92. The van der Waals surface area contributed by atoms with Gasteiger partial charge in [0.15, 0.2) is 0 Å². The van der Waals surface area contributed by atoms with Gasteiger partial charge in [0, 0.05) is 22.8 Å². The molecule has 0 bridgehead atoms. The maximum atomic E-state index is 12.1. The highest BCUT2D eigenvalue weighted by Gasteiger charge is 2.07. The standard InChI is InChI=1S/C17H16N4OS/c1-11-9-12(2)19-17(18-11)21-14-6-3-5-13(10-14)20-16(22)15-7-4-8-23-15/h3-10H,1-2H3,(H,20,22)(H,18,19,21). The molecule has 3 aromatic rings. The second-order valence-corrected chi connectivity index (χ2v) is 6.06. The number of carbonyl (C=O) groups excluding carboxylic acids is 1. The molecule has 0 saturated carbocycles. The number of hydrogen-bond acceptors (Lipinski definition) is 5. The van der Waals surface area contributed by atoms with Crippen molar-refractivity contribution in [2.24, 2.45) is 0 Å². The van der Waals surface area contributed by atoms with Gasteiger partial charge >= 0.3 is 0 Å². The lowest BCUT2D eigenvalue weighted by Gasteiger charge is -2.09. The van der Waals surface area contributed by atoms with E-state index in [4.69, 9.17) is 0 Å². The van der Waals surface area contributed by atoms with Crippen molar-refractivity contribution in [3.8, 4) is 0 Å². The molecule has 3 rings (SSSR count). The largest absolute Gasteiger partial charge is 0.324 e. The van der Waals surface area contributed by atoms with E-state index in [1.54, 1.807) is 6.07 Å². The Kier molecular flexibility index (Phi) is 4.34.